The molecule has 1 saturated heterocycles. The number of likely N-dealkylation sites (N-methyl/N-ethyl adjacent to an activating group) is 1. The fraction of sp³-hybridized carbons (Fsp3) is 0.611. The Bertz CT molecular complexity index is 484. The van der Waals surface area contributed by atoms with Gasteiger partial charge >= 0.3 is 6.03 Å². The molecule has 1 fully saturated rings. The summed E-state index contributed by atoms with van der Waals surface area (Å²) in [5.41, 5.74) is 1.15. The summed E-state index contributed by atoms with van der Waals surface area (Å²) in [5.74, 6) is 0.321. The number of anilines is 1. The summed E-state index contributed by atoms with van der Waals surface area (Å²) >= 11 is 0. The largest absolute Gasteiger partial charge is 0.393 e. The van der Waals surface area contributed by atoms with Crippen molar-refractivity contribution >= 4 is 11.7 Å². The van der Waals surface area contributed by atoms with Crippen LogP contribution in [0.15, 0.2) is 30.3 Å². The van der Waals surface area contributed by atoms with Crippen molar-refractivity contribution in [3.05, 3.63) is 30.3 Å². The van der Waals surface area contributed by atoms with E-state index in [0.717, 1.165) is 31.6 Å². The molecule has 0 radical (unpaired) electrons. The van der Waals surface area contributed by atoms with Crippen molar-refractivity contribution in [2.24, 2.45) is 5.92 Å². The number of nitrogens with zero attached hydrogens (tertiary/aromatic N) is 2. The lowest BCUT2D eigenvalue weighted by molar-refractivity contribution is 0.0798. The van der Waals surface area contributed by atoms with E-state index in [1.807, 2.05) is 37.1 Å². The molecule has 5 heteroatoms. The van der Waals surface area contributed by atoms with Gasteiger partial charge in [0.2, 0.25) is 0 Å². The van der Waals surface area contributed by atoms with Crippen molar-refractivity contribution in [1.82, 2.24) is 10.2 Å². The summed E-state index contributed by atoms with van der Waals surface area (Å²) < 4.78 is 0. The number of rotatable bonds is 5. The van der Waals surface area contributed by atoms with Crippen LogP contribution in [-0.2, 0) is 0 Å². The van der Waals surface area contributed by atoms with Gasteiger partial charge in [0.1, 0.15) is 0 Å². The molecule has 1 heterocycles. The highest BCUT2D eigenvalue weighted by Crippen LogP contribution is 2.20. The summed E-state index contributed by atoms with van der Waals surface area (Å²) in [4.78, 5) is 16.3. The summed E-state index contributed by atoms with van der Waals surface area (Å²) in [6.07, 6.45) is 1.48. The van der Waals surface area contributed by atoms with Crippen LogP contribution >= 0.6 is 0 Å². The van der Waals surface area contributed by atoms with E-state index in [1.165, 1.54) is 0 Å². The van der Waals surface area contributed by atoms with Crippen LogP contribution in [0.5, 0.6) is 0 Å². The van der Waals surface area contributed by atoms with Gasteiger partial charge in [-0.05, 0) is 44.7 Å². The molecule has 0 spiro atoms. The predicted octanol–water partition coefficient (Wildman–Crippen LogP) is 2.31. The fourth-order valence-corrected chi connectivity index (χ4v) is 2.99. The van der Waals surface area contributed by atoms with Gasteiger partial charge in [-0.1, -0.05) is 18.2 Å². The Labute approximate surface area is 139 Å². The minimum Gasteiger partial charge on any atom is -0.393 e. The van der Waals surface area contributed by atoms with E-state index >= 15 is 0 Å². The molecule has 2 atom stereocenters. The summed E-state index contributed by atoms with van der Waals surface area (Å²) in [6, 6.07) is 10.4. The van der Waals surface area contributed by atoms with Gasteiger partial charge in [0.05, 0.1) is 6.10 Å². The van der Waals surface area contributed by atoms with E-state index in [4.69, 9.17) is 0 Å². The molecule has 0 aromatic heterocycles. The van der Waals surface area contributed by atoms with Gasteiger partial charge < -0.3 is 20.2 Å². The van der Waals surface area contributed by atoms with Crippen LogP contribution in [0.2, 0.25) is 0 Å². The summed E-state index contributed by atoms with van der Waals surface area (Å²) in [5, 5.41) is 12.7. The second kappa shape index (κ2) is 8.20. The Hall–Kier alpha value is -1.75. The first-order chi connectivity index (χ1) is 11.0. The number of aliphatic hydroxyl groups is 1. The lowest BCUT2D eigenvalue weighted by Crippen LogP contribution is -2.49. The van der Waals surface area contributed by atoms with Crippen molar-refractivity contribution in [2.45, 2.75) is 38.8 Å². The van der Waals surface area contributed by atoms with Gasteiger partial charge in [0.25, 0.3) is 0 Å². The molecule has 2 N–H and O–H groups in total. The third-order valence-corrected chi connectivity index (χ3v) is 4.88. The minimum atomic E-state index is -0.278. The Morgan fingerprint density at radius 3 is 2.48 bits per heavy atom. The van der Waals surface area contributed by atoms with E-state index < -0.39 is 0 Å². The average Bonchev–Trinajstić information content (AvgIpc) is 2.59. The van der Waals surface area contributed by atoms with Crippen LogP contribution in [0.3, 0.4) is 0 Å². The zero-order valence-corrected chi connectivity index (χ0v) is 14.4. The Morgan fingerprint density at radius 2 is 1.91 bits per heavy atom. The van der Waals surface area contributed by atoms with E-state index in [1.54, 1.807) is 0 Å². The van der Waals surface area contributed by atoms with Crippen LogP contribution in [0.25, 0.3) is 0 Å². The fourth-order valence-electron chi connectivity index (χ4n) is 2.99. The molecule has 23 heavy (non-hydrogen) atoms. The van der Waals surface area contributed by atoms with Crippen LogP contribution in [-0.4, -0.2) is 54.9 Å². The zero-order valence-electron chi connectivity index (χ0n) is 14.4. The van der Waals surface area contributed by atoms with Crippen molar-refractivity contribution in [3.8, 4) is 0 Å². The molecule has 1 aromatic rings. The first kappa shape index (κ1) is 17.6. The number of carbonyl (C=O) groups excluding carboxylic acids is 1. The molecule has 2 amide bonds. The van der Waals surface area contributed by atoms with Gasteiger partial charge in [0, 0.05) is 38.4 Å². The molecule has 0 bridgehead atoms. The van der Waals surface area contributed by atoms with Crippen molar-refractivity contribution in [1.29, 1.82) is 0 Å². The van der Waals surface area contributed by atoms with Crippen molar-refractivity contribution in [3.63, 3.8) is 0 Å². The number of likely N-dealkylation sites (tertiary alicyclic amines) is 1. The third-order valence-electron chi connectivity index (χ3n) is 4.88. The number of para-hydroxylation sites is 1. The second-order valence-corrected chi connectivity index (χ2v) is 6.55. The number of carbonyl (C=O) groups is 1. The molecule has 1 aliphatic heterocycles. The van der Waals surface area contributed by atoms with Gasteiger partial charge in [-0.2, -0.15) is 0 Å². The van der Waals surface area contributed by atoms with Crippen molar-refractivity contribution < 1.29 is 9.90 Å². The zero-order chi connectivity index (χ0) is 16.8. The monoisotopic (exact) mass is 319 g/mol. The number of hydrogen-bond donors (Lipinski definition) is 2. The van der Waals surface area contributed by atoms with E-state index in [9.17, 15) is 9.90 Å². The molecule has 1 aromatic carbocycles. The molecule has 2 rings (SSSR count). The molecule has 128 valence electrons. The molecular weight excluding hydrogens is 290 g/mol. The third kappa shape index (κ3) is 4.86. The molecule has 0 saturated carbocycles. The number of hydrogen-bond acceptors (Lipinski definition) is 3. The van der Waals surface area contributed by atoms with E-state index in [0.29, 0.717) is 12.5 Å². The predicted molar refractivity (Wildman–Crippen MR) is 93.7 cm³/mol. The standard InChI is InChI=1S/C18H29N3O2/c1-14(20(3)17-7-5-4-6-8-17)13-19-18(23)21-11-9-16(10-12-21)15(2)22/h4-8,14-16,22H,9-13H2,1-3H3,(H,19,23). The highest BCUT2D eigenvalue weighted by Gasteiger charge is 2.25. The Morgan fingerprint density at radius 1 is 1.30 bits per heavy atom. The summed E-state index contributed by atoms with van der Waals surface area (Å²) in [7, 11) is 2.04. The molecule has 1 aliphatic rings. The summed E-state index contributed by atoms with van der Waals surface area (Å²) in [6.45, 7) is 6.00. The maximum absolute atomic E-state index is 12.3. The SMILES string of the molecule is CC(O)C1CCN(C(=O)NCC(C)N(C)c2ccccc2)CC1. The topological polar surface area (TPSA) is 55.8 Å². The van der Waals surface area contributed by atoms with Gasteiger partial charge in [-0.25, -0.2) is 4.79 Å². The van der Waals surface area contributed by atoms with Crippen molar-refractivity contribution in [2.75, 3.05) is 31.6 Å². The maximum atomic E-state index is 12.3. The molecular formula is C18H29N3O2. The first-order valence-electron chi connectivity index (χ1n) is 8.47. The van der Waals surface area contributed by atoms with E-state index in [2.05, 4.69) is 29.3 Å². The smallest absolute Gasteiger partial charge is 0.317 e. The number of nitrogens with one attached hydrogen (secondary N) is 1. The number of aliphatic hydroxyl groups excluding tert-OH is 1. The average molecular weight is 319 g/mol. The molecule has 0 aliphatic carbocycles. The molecule has 5 nitrogen and oxygen atoms in total. The molecule has 2 unspecified atom stereocenters. The highest BCUT2D eigenvalue weighted by molar-refractivity contribution is 5.74. The van der Waals surface area contributed by atoms with Gasteiger partial charge in [-0.3, -0.25) is 0 Å². The van der Waals surface area contributed by atoms with Crippen LogP contribution in [0.1, 0.15) is 26.7 Å². The highest BCUT2D eigenvalue weighted by atomic mass is 16.3. The lowest BCUT2D eigenvalue weighted by atomic mass is 9.92. The number of amides is 2. The Balaban J connectivity index is 1.76. The van der Waals surface area contributed by atoms with Gasteiger partial charge in [0.15, 0.2) is 0 Å². The number of benzene rings is 1. The maximum Gasteiger partial charge on any atom is 0.317 e. The van der Waals surface area contributed by atoms with Gasteiger partial charge in [-0.15, -0.1) is 0 Å². The minimum absolute atomic E-state index is 0.00218. The Kier molecular flexibility index (Phi) is 6.28. The normalized spacial score (nSPS) is 18.3. The lowest BCUT2D eigenvalue weighted by Gasteiger charge is -2.34. The van der Waals surface area contributed by atoms with Crippen LogP contribution in [0, 0.1) is 5.92 Å². The second-order valence-electron chi connectivity index (χ2n) is 6.55. The number of piperidine rings is 1. The first-order valence-corrected chi connectivity index (χ1v) is 8.47. The van der Waals surface area contributed by atoms with E-state index in [-0.39, 0.29) is 18.2 Å². The van der Waals surface area contributed by atoms with Crippen LogP contribution < -0.4 is 10.2 Å². The quantitative estimate of drug-likeness (QED) is 0.876. The van der Waals surface area contributed by atoms with Crippen LogP contribution in [0.4, 0.5) is 10.5 Å². The number of urea groups is 1.